The summed E-state index contributed by atoms with van der Waals surface area (Å²) in [6.45, 7) is 0.661. The molecule has 2 rings (SSSR count). The first kappa shape index (κ1) is 11.6. The predicted octanol–water partition coefficient (Wildman–Crippen LogP) is 2.89. The molecule has 0 spiro atoms. The lowest BCUT2D eigenvalue weighted by Crippen LogP contribution is -2.01. The third kappa shape index (κ3) is 3.04. The number of hydrogen-bond donors (Lipinski definition) is 1. The first-order chi connectivity index (χ1) is 7.78. The van der Waals surface area contributed by atoms with Crippen LogP contribution >= 0.6 is 22.9 Å². The summed E-state index contributed by atoms with van der Waals surface area (Å²) < 4.78 is 0. The van der Waals surface area contributed by atoms with Crippen molar-refractivity contribution in [1.82, 2.24) is 4.98 Å². The van der Waals surface area contributed by atoms with Crippen molar-refractivity contribution >= 4 is 22.9 Å². The van der Waals surface area contributed by atoms with Crippen molar-refractivity contribution in [2.75, 3.05) is 6.54 Å². The largest absolute Gasteiger partial charge is 0.330 e. The lowest BCUT2D eigenvalue weighted by atomic mass is 10.1. The Hall–Kier alpha value is -0.900. The summed E-state index contributed by atoms with van der Waals surface area (Å²) in [4.78, 5) is 5.60. The van der Waals surface area contributed by atoms with Gasteiger partial charge in [0, 0.05) is 28.9 Å². The molecule has 1 aromatic carbocycles. The van der Waals surface area contributed by atoms with Crippen LogP contribution < -0.4 is 5.73 Å². The number of benzene rings is 1. The van der Waals surface area contributed by atoms with E-state index in [1.807, 2.05) is 30.5 Å². The molecule has 0 saturated heterocycles. The molecule has 1 aromatic heterocycles. The van der Waals surface area contributed by atoms with Crippen LogP contribution in [0.25, 0.3) is 0 Å². The molecule has 0 amide bonds. The van der Waals surface area contributed by atoms with Gasteiger partial charge in [0.05, 0.1) is 5.01 Å². The Morgan fingerprint density at radius 2 is 2.00 bits per heavy atom. The second-order valence-electron chi connectivity index (χ2n) is 3.56. The molecule has 0 atom stereocenters. The summed E-state index contributed by atoms with van der Waals surface area (Å²) >= 11 is 7.57. The Balaban J connectivity index is 2.05. The number of nitrogens with zero attached hydrogens (tertiary/aromatic N) is 1. The van der Waals surface area contributed by atoms with Gasteiger partial charge in [-0.05, 0) is 24.2 Å². The van der Waals surface area contributed by atoms with E-state index < -0.39 is 0 Å². The minimum atomic E-state index is 0.661. The molecule has 2 aromatic rings. The van der Waals surface area contributed by atoms with E-state index >= 15 is 0 Å². The number of nitrogens with two attached hydrogens (primary N) is 1. The van der Waals surface area contributed by atoms with Gasteiger partial charge in [0.15, 0.2) is 0 Å². The summed E-state index contributed by atoms with van der Waals surface area (Å²) in [5, 5.41) is 1.89. The van der Waals surface area contributed by atoms with Crippen molar-refractivity contribution in [3.05, 3.63) is 50.9 Å². The van der Waals surface area contributed by atoms with Crippen molar-refractivity contribution in [2.24, 2.45) is 5.73 Å². The molecule has 0 bridgehead atoms. The zero-order valence-corrected chi connectivity index (χ0v) is 10.4. The zero-order chi connectivity index (χ0) is 11.4. The fraction of sp³-hybridized carbons (Fsp3) is 0.250. The van der Waals surface area contributed by atoms with Crippen molar-refractivity contribution < 1.29 is 0 Å². The molecule has 0 aliphatic rings. The fourth-order valence-corrected chi connectivity index (χ4v) is 2.57. The zero-order valence-electron chi connectivity index (χ0n) is 8.82. The van der Waals surface area contributed by atoms with E-state index in [9.17, 15) is 0 Å². The van der Waals surface area contributed by atoms with Gasteiger partial charge in [-0.2, -0.15) is 0 Å². The summed E-state index contributed by atoms with van der Waals surface area (Å²) in [6, 6.07) is 7.92. The second-order valence-corrected chi connectivity index (χ2v) is 5.20. The van der Waals surface area contributed by atoms with Crippen LogP contribution in [0.3, 0.4) is 0 Å². The molecule has 2 N–H and O–H groups in total. The first-order valence-corrected chi connectivity index (χ1v) is 6.35. The lowest BCUT2D eigenvalue weighted by Gasteiger charge is -1.97. The van der Waals surface area contributed by atoms with Crippen LogP contribution in [-0.2, 0) is 12.8 Å². The standard InChI is InChI=1S/C12H13ClN2S/c13-10-3-1-9(2-4-10)7-11-8-15-12(16-11)5-6-14/h1-4,8H,5-7,14H2. The van der Waals surface area contributed by atoms with E-state index in [1.54, 1.807) is 11.3 Å². The van der Waals surface area contributed by atoms with E-state index in [4.69, 9.17) is 17.3 Å². The number of halogens is 1. The Morgan fingerprint density at radius 1 is 1.25 bits per heavy atom. The van der Waals surface area contributed by atoms with Crippen molar-refractivity contribution in [2.45, 2.75) is 12.8 Å². The lowest BCUT2D eigenvalue weighted by molar-refractivity contribution is 0.952. The average Bonchev–Trinajstić information content (AvgIpc) is 2.70. The van der Waals surface area contributed by atoms with Crippen LogP contribution in [0.2, 0.25) is 5.02 Å². The highest BCUT2D eigenvalue weighted by molar-refractivity contribution is 7.11. The SMILES string of the molecule is NCCc1ncc(Cc2ccc(Cl)cc2)s1. The number of rotatable bonds is 4. The molecule has 4 heteroatoms. The normalized spacial score (nSPS) is 10.6. The molecule has 0 fully saturated rings. The molecule has 1 heterocycles. The maximum absolute atomic E-state index is 5.84. The third-order valence-electron chi connectivity index (χ3n) is 2.25. The number of hydrogen-bond acceptors (Lipinski definition) is 3. The Morgan fingerprint density at radius 3 is 2.69 bits per heavy atom. The van der Waals surface area contributed by atoms with Gasteiger partial charge in [-0.15, -0.1) is 11.3 Å². The van der Waals surface area contributed by atoms with Gasteiger partial charge < -0.3 is 5.73 Å². The highest BCUT2D eigenvalue weighted by atomic mass is 35.5. The van der Waals surface area contributed by atoms with Crippen molar-refractivity contribution in [3.63, 3.8) is 0 Å². The molecular weight excluding hydrogens is 240 g/mol. The maximum atomic E-state index is 5.84. The van der Waals surface area contributed by atoms with Gasteiger partial charge in [0.2, 0.25) is 0 Å². The van der Waals surface area contributed by atoms with Gasteiger partial charge in [0.1, 0.15) is 0 Å². The third-order valence-corrected chi connectivity index (χ3v) is 3.56. The Labute approximate surface area is 104 Å². The van der Waals surface area contributed by atoms with Crippen molar-refractivity contribution in [3.8, 4) is 0 Å². The van der Waals surface area contributed by atoms with Crippen LogP contribution in [-0.4, -0.2) is 11.5 Å². The highest BCUT2D eigenvalue weighted by Gasteiger charge is 2.02. The van der Waals surface area contributed by atoms with E-state index in [-0.39, 0.29) is 0 Å². The monoisotopic (exact) mass is 252 g/mol. The fourth-order valence-electron chi connectivity index (χ4n) is 1.47. The molecule has 16 heavy (non-hydrogen) atoms. The van der Waals surface area contributed by atoms with E-state index in [2.05, 4.69) is 4.98 Å². The van der Waals surface area contributed by atoms with E-state index in [0.29, 0.717) is 6.54 Å². The minimum Gasteiger partial charge on any atom is -0.330 e. The topological polar surface area (TPSA) is 38.9 Å². The summed E-state index contributed by atoms with van der Waals surface area (Å²) in [5.41, 5.74) is 6.75. The Bertz CT molecular complexity index is 450. The van der Waals surface area contributed by atoms with Crippen LogP contribution in [0.1, 0.15) is 15.4 Å². The molecule has 0 unspecified atom stereocenters. The predicted molar refractivity (Wildman–Crippen MR) is 69.1 cm³/mol. The van der Waals surface area contributed by atoms with Crippen LogP contribution in [0, 0.1) is 0 Å². The average molecular weight is 253 g/mol. The van der Waals surface area contributed by atoms with E-state index in [1.165, 1.54) is 10.4 Å². The van der Waals surface area contributed by atoms with Crippen LogP contribution in [0.4, 0.5) is 0 Å². The first-order valence-electron chi connectivity index (χ1n) is 5.16. The second kappa shape index (κ2) is 5.43. The number of thiazole rings is 1. The van der Waals surface area contributed by atoms with Crippen molar-refractivity contribution in [1.29, 1.82) is 0 Å². The molecule has 0 aliphatic carbocycles. The smallest absolute Gasteiger partial charge is 0.0940 e. The molecular formula is C12H13ClN2S. The summed E-state index contributed by atoms with van der Waals surface area (Å²) in [6.07, 6.45) is 3.72. The van der Waals surface area contributed by atoms with Gasteiger partial charge in [-0.1, -0.05) is 23.7 Å². The summed E-state index contributed by atoms with van der Waals surface area (Å²) in [7, 11) is 0. The van der Waals surface area contributed by atoms with Crippen LogP contribution in [0.5, 0.6) is 0 Å². The molecule has 0 radical (unpaired) electrons. The Kier molecular flexibility index (Phi) is 3.93. The number of aromatic nitrogens is 1. The molecule has 2 nitrogen and oxygen atoms in total. The molecule has 0 aliphatic heterocycles. The molecule has 84 valence electrons. The van der Waals surface area contributed by atoms with E-state index in [0.717, 1.165) is 22.9 Å². The quantitative estimate of drug-likeness (QED) is 0.909. The van der Waals surface area contributed by atoms with Gasteiger partial charge in [-0.3, -0.25) is 0 Å². The van der Waals surface area contributed by atoms with Gasteiger partial charge >= 0.3 is 0 Å². The maximum Gasteiger partial charge on any atom is 0.0940 e. The highest BCUT2D eigenvalue weighted by Crippen LogP contribution is 2.18. The minimum absolute atomic E-state index is 0.661. The van der Waals surface area contributed by atoms with Gasteiger partial charge in [0.25, 0.3) is 0 Å². The van der Waals surface area contributed by atoms with Gasteiger partial charge in [-0.25, -0.2) is 4.98 Å². The van der Waals surface area contributed by atoms with Crippen LogP contribution in [0.15, 0.2) is 30.5 Å². The molecule has 0 saturated carbocycles. The summed E-state index contributed by atoms with van der Waals surface area (Å²) in [5.74, 6) is 0.